The summed E-state index contributed by atoms with van der Waals surface area (Å²) in [6.45, 7) is 0.820. The lowest BCUT2D eigenvalue weighted by Crippen LogP contribution is -2.35. The molecule has 1 atom stereocenters. The van der Waals surface area contributed by atoms with Crippen molar-refractivity contribution in [3.63, 3.8) is 0 Å². The summed E-state index contributed by atoms with van der Waals surface area (Å²) >= 11 is 1.64. The van der Waals surface area contributed by atoms with Gasteiger partial charge in [-0.05, 0) is 14.1 Å². The molecular weight excluding hydrogens is 278 g/mol. The lowest BCUT2D eigenvalue weighted by atomic mass is 10.2. The minimum absolute atomic E-state index is 0.0716. The predicted molar refractivity (Wildman–Crippen MR) is 82.1 cm³/mol. The fourth-order valence-corrected chi connectivity index (χ4v) is 3.30. The first kappa shape index (κ1) is 14.9. The van der Waals surface area contributed by atoms with Crippen molar-refractivity contribution in [3.05, 3.63) is 0 Å². The van der Waals surface area contributed by atoms with Crippen LogP contribution in [-0.4, -0.2) is 51.6 Å². The lowest BCUT2D eigenvalue weighted by molar-refractivity contribution is 0.173. The molecule has 0 spiro atoms. The zero-order valence-electron chi connectivity index (χ0n) is 12.2. The summed E-state index contributed by atoms with van der Waals surface area (Å²) in [7, 11) is 7.10. The van der Waals surface area contributed by atoms with Gasteiger partial charge in [0.15, 0.2) is 17.2 Å². The summed E-state index contributed by atoms with van der Waals surface area (Å²) in [4.78, 5) is 2.91. The Hall–Kier alpha value is -1.47. The standard InChI is InChI=1S/C13H21N3O3S/c1-16(2)5-7-6-20-13-9(15)11(18-4)10(17-3)8(14)12(13)19-7/h7H,5-6,14-15H2,1-4H3. The van der Waals surface area contributed by atoms with Crippen LogP contribution >= 0.6 is 11.8 Å². The first-order valence-corrected chi connectivity index (χ1v) is 7.25. The Morgan fingerprint density at radius 1 is 1.20 bits per heavy atom. The van der Waals surface area contributed by atoms with Crippen LogP contribution in [0, 0.1) is 0 Å². The second-order valence-electron chi connectivity index (χ2n) is 4.87. The van der Waals surface area contributed by atoms with E-state index in [0.29, 0.717) is 28.6 Å². The fraction of sp³-hybridized carbons (Fsp3) is 0.538. The highest BCUT2D eigenvalue weighted by Gasteiger charge is 2.30. The normalized spacial score (nSPS) is 17.6. The molecule has 1 aliphatic rings. The van der Waals surface area contributed by atoms with E-state index in [0.717, 1.165) is 17.2 Å². The van der Waals surface area contributed by atoms with Crippen LogP contribution < -0.4 is 25.7 Å². The van der Waals surface area contributed by atoms with Gasteiger partial charge in [-0.3, -0.25) is 0 Å². The number of rotatable bonds is 4. The van der Waals surface area contributed by atoms with Crippen molar-refractivity contribution >= 4 is 23.1 Å². The first-order chi connectivity index (χ1) is 9.49. The number of nitrogens with zero attached hydrogens (tertiary/aromatic N) is 1. The molecule has 6 nitrogen and oxygen atoms in total. The average Bonchev–Trinajstić information content (AvgIpc) is 2.41. The van der Waals surface area contributed by atoms with E-state index < -0.39 is 0 Å². The van der Waals surface area contributed by atoms with E-state index in [1.54, 1.807) is 18.9 Å². The number of likely N-dealkylation sites (N-methyl/N-ethyl adjacent to an activating group) is 1. The number of nitrogen functional groups attached to an aromatic ring is 2. The van der Waals surface area contributed by atoms with Gasteiger partial charge in [-0.2, -0.15) is 0 Å². The third-order valence-corrected chi connectivity index (χ3v) is 4.30. The lowest BCUT2D eigenvalue weighted by Gasteiger charge is -2.30. The Morgan fingerprint density at radius 3 is 2.35 bits per heavy atom. The second-order valence-corrected chi connectivity index (χ2v) is 5.90. The quantitative estimate of drug-likeness (QED) is 0.810. The molecule has 1 aromatic rings. The number of hydrogen-bond acceptors (Lipinski definition) is 7. The fourth-order valence-electron chi connectivity index (χ4n) is 2.24. The van der Waals surface area contributed by atoms with E-state index in [1.165, 1.54) is 7.11 Å². The largest absolute Gasteiger partial charge is 0.491 e. The monoisotopic (exact) mass is 299 g/mol. The second kappa shape index (κ2) is 5.88. The number of anilines is 2. The maximum absolute atomic E-state index is 6.14. The summed E-state index contributed by atoms with van der Waals surface area (Å²) in [5.74, 6) is 2.31. The van der Waals surface area contributed by atoms with Gasteiger partial charge in [-0.15, -0.1) is 11.8 Å². The molecule has 2 rings (SSSR count). The van der Waals surface area contributed by atoms with Gasteiger partial charge in [0.25, 0.3) is 0 Å². The predicted octanol–water partition coefficient (Wildman–Crippen LogP) is 1.28. The maximum Gasteiger partial charge on any atom is 0.189 e. The van der Waals surface area contributed by atoms with E-state index in [2.05, 4.69) is 4.90 Å². The molecular formula is C13H21N3O3S. The Balaban J connectivity index is 2.44. The minimum Gasteiger partial charge on any atom is -0.491 e. The molecule has 1 unspecified atom stereocenters. The number of fused-ring (bicyclic) bond motifs is 1. The van der Waals surface area contributed by atoms with E-state index in [1.807, 2.05) is 14.1 Å². The topological polar surface area (TPSA) is 83.0 Å². The van der Waals surface area contributed by atoms with Crippen molar-refractivity contribution in [3.8, 4) is 17.2 Å². The smallest absolute Gasteiger partial charge is 0.189 e. The SMILES string of the molecule is COc1c(N)c2c(c(N)c1OC)SCC(CN(C)C)O2. The van der Waals surface area contributed by atoms with Crippen molar-refractivity contribution in [1.82, 2.24) is 4.90 Å². The number of thioether (sulfide) groups is 1. The van der Waals surface area contributed by atoms with Crippen LogP contribution in [0.5, 0.6) is 17.2 Å². The third-order valence-electron chi connectivity index (χ3n) is 3.07. The highest BCUT2D eigenvalue weighted by Crippen LogP contribution is 2.53. The van der Waals surface area contributed by atoms with Gasteiger partial charge in [0.1, 0.15) is 11.8 Å². The van der Waals surface area contributed by atoms with Gasteiger partial charge in [-0.1, -0.05) is 0 Å². The molecule has 1 aromatic carbocycles. The molecule has 0 fully saturated rings. The van der Waals surface area contributed by atoms with Gasteiger partial charge in [0.05, 0.1) is 24.8 Å². The number of methoxy groups -OCH3 is 2. The zero-order chi connectivity index (χ0) is 14.9. The Labute approximate surface area is 123 Å². The maximum atomic E-state index is 6.14. The molecule has 0 aliphatic carbocycles. The van der Waals surface area contributed by atoms with Crippen molar-refractivity contribution in [2.75, 3.05) is 52.1 Å². The van der Waals surface area contributed by atoms with Gasteiger partial charge < -0.3 is 30.6 Å². The molecule has 1 heterocycles. The number of benzene rings is 1. The molecule has 4 N–H and O–H groups in total. The summed E-state index contributed by atoms with van der Waals surface area (Å²) in [6.07, 6.45) is 0.0716. The van der Waals surface area contributed by atoms with Crippen molar-refractivity contribution in [2.24, 2.45) is 0 Å². The highest BCUT2D eigenvalue weighted by atomic mass is 32.2. The number of ether oxygens (including phenoxy) is 3. The van der Waals surface area contributed by atoms with Crippen molar-refractivity contribution in [2.45, 2.75) is 11.0 Å². The highest BCUT2D eigenvalue weighted by molar-refractivity contribution is 7.99. The van der Waals surface area contributed by atoms with Gasteiger partial charge >= 0.3 is 0 Å². The van der Waals surface area contributed by atoms with Crippen molar-refractivity contribution in [1.29, 1.82) is 0 Å². The van der Waals surface area contributed by atoms with Crippen LogP contribution in [0.4, 0.5) is 11.4 Å². The van der Waals surface area contributed by atoms with E-state index in [4.69, 9.17) is 25.7 Å². The summed E-state index contributed by atoms with van der Waals surface area (Å²) in [6, 6.07) is 0. The molecule has 1 aliphatic heterocycles. The summed E-state index contributed by atoms with van der Waals surface area (Å²) < 4.78 is 16.6. The van der Waals surface area contributed by atoms with Crippen LogP contribution in [0.2, 0.25) is 0 Å². The molecule has 0 aromatic heterocycles. The van der Waals surface area contributed by atoms with Gasteiger partial charge in [-0.25, -0.2) is 0 Å². The molecule has 7 heteroatoms. The van der Waals surface area contributed by atoms with Crippen LogP contribution in [0.15, 0.2) is 4.90 Å². The van der Waals surface area contributed by atoms with E-state index >= 15 is 0 Å². The molecule has 20 heavy (non-hydrogen) atoms. The number of nitrogens with two attached hydrogens (primary N) is 2. The van der Waals surface area contributed by atoms with Gasteiger partial charge in [0, 0.05) is 12.3 Å². The molecule has 112 valence electrons. The Bertz CT molecular complexity index is 508. The van der Waals surface area contributed by atoms with Crippen LogP contribution in [0.3, 0.4) is 0 Å². The minimum atomic E-state index is 0.0716. The Morgan fingerprint density at radius 2 is 1.80 bits per heavy atom. The van der Waals surface area contributed by atoms with Crippen LogP contribution in [-0.2, 0) is 0 Å². The third kappa shape index (κ3) is 2.55. The molecule has 0 radical (unpaired) electrons. The number of hydrogen-bond donors (Lipinski definition) is 2. The van der Waals surface area contributed by atoms with Crippen LogP contribution in [0.25, 0.3) is 0 Å². The van der Waals surface area contributed by atoms with E-state index in [-0.39, 0.29) is 6.10 Å². The first-order valence-electron chi connectivity index (χ1n) is 6.26. The average molecular weight is 299 g/mol. The van der Waals surface area contributed by atoms with Crippen LogP contribution in [0.1, 0.15) is 0 Å². The molecule has 0 saturated carbocycles. The molecule has 0 bridgehead atoms. The van der Waals surface area contributed by atoms with Crippen molar-refractivity contribution < 1.29 is 14.2 Å². The summed E-state index contributed by atoms with van der Waals surface area (Å²) in [5.41, 5.74) is 13.2. The molecule has 0 saturated heterocycles. The Kier molecular flexibility index (Phi) is 4.39. The van der Waals surface area contributed by atoms with Gasteiger partial charge in [0.2, 0.25) is 0 Å². The summed E-state index contributed by atoms with van der Waals surface area (Å²) in [5, 5.41) is 0. The zero-order valence-corrected chi connectivity index (χ0v) is 13.0. The van der Waals surface area contributed by atoms with E-state index in [9.17, 15) is 0 Å². The molecule has 0 amide bonds.